The van der Waals surface area contributed by atoms with Crippen LogP contribution < -0.4 is 21.2 Å². The zero-order valence-corrected chi connectivity index (χ0v) is 10.4. The number of hydrogen-bond donors (Lipinski definition) is 3. The van der Waals surface area contributed by atoms with Gasteiger partial charge in [-0.3, -0.25) is 0 Å². The first-order valence-electron chi connectivity index (χ1n) is 5.66. The van der Waals surface area contributed by atoms with Gasteiger partial charge in [0.25, 0.3) is 5.96 Å². The second-order valence-corrected chi connectivity index (χ2v) is 3.82. The van der Waals surface area contributed by atoms with Crippen LogP contribution >= 0.6 is 0 Å². The van der Waals surface area contributed by atoms with Crippen LogP contribution in [0.2, 0.25) is 0 Å². The molecule has 6 heteroatoms. The third kappa shape index (κ3) is 2.48. The van der Waals surface area contributed by atoms with Gasteiger partial charge in [-0.05, 0) is 26.0 Å². The van der Waals surface area contributed by atoms with E-state index in [4.69, 9.17) is 16.2 Å². The van der Waals surface area contributed by atoms with E-state index in [0.717, 1.165) is 22.3 Å². The monoisotopic (exact) mass is 246 g/mol. The van der Waals surface area contributed by atoms with Crippen LogP contribution in [0.25, 0.3) is 10.9 Å². The van der Waals surface area contributed by atoms with Crippen molar-refractivity contribution in [1.29, 1.82) is 0 Å². The molecule has 1 aromatic heterocycles. The molecule has 0 aliphatic heterocycles. The molecule has 0 bridgehead atoms. The van der Waals surface area contributed by atoms with Crippen LogP contribution in [0.1, 0.15) is 12.6 Å². The number of guanidine groups is 1. The number of ether oxygens (including phenoxy) is 1. The fourth-order valence-corrected chi connectivity index (χ4v) is 1.71. The second-order valence-electron chi connectivity index (χ2n) is 3.82. The number of benzene rings is 1. The van der Waals surface area contributed by atoms with Crippen molar-refractivity contribution in [3.63, 3.8) is 0 Å². The number of nitrogens with one attached hydrogen (secondary N) is 1. The van der Waals surface area contributed by atoms with Gasteiger partial charge in [-0.1, -0.05) is 0 Å². The molecule has 1 heterocycles. The summed E-state index contributed by atoms with van der Waals surface area (Å²) in [5.74, 6) is 1.22. The molecule has 0 amide bonds. The number of nitrogens with zero attached hydrogens (tertiary/aromatic N) is 2. The second kappa shape index (κ2) is 4.87. The lowest BCUT2D eigenvalue weighted by atomic mass is 10.2. The number of fused-ring (bicyclic) bond motifs is 1. The van der Waals surface area contributed by atoms with Crippen LogP contribution in [-0.2, 0) is 0 Å². The predicted molar refractivity (Wildman–Crippen MR) is 69.4 cm³/mol. The van der Waals surface area contributed by atoms with Gasteiger partial charge < -0.3 is 16.2 Å². The van der Waals surface area contributed by atoms with E-state index < -0.39 is 0 Å². The fraction of sp³-hybridized carbons (Fsp3) is 0.250. The Morgan fingerprint density at radius 1 is 1.33 bits per heavy atom. The number of aromatic nitrogens is 2. The highest BCUT2D eigenvalue weighted by Gasteiger charge is 2.09. The van der Waals surface area contributed by atoms with Gasteiger partial charge in [-0.15, -0.1) is 9.97 Å². The minimum Gasteiger partial charge on any atom is -0.494 e. The van der Waals surface area contributed by atoms with E-state index in [0.29, 0.717) is 12.6 Å². The normalized spacial score (nSPS) is 10.3. The summed E-state index contributed by atoms with van der Waals surface area (Å²) in [6.07, 6.45) is 0. The van der Waals surface area contributed by atoms with E-state index in [1.807, 2.05) is 32.0 Å². The first kappa shape index (κ1) is 12.1. The largest absolute Gasteiger partial charge is 0.494 e. The molecule has 0 fully saturated rings. The highest BCUT2D eigenvalue weighted by Crippen LogP contribution is 2.21. The van der Waals surface area contributed by atoms with Crippen molar-refractivity contribution >= 4 is 22.8 Å². The van der Waals surface area contributed by atoms with Crippen molar-refractivity contribution in [3.8, 4) is 5.75 Å². The molecule has 0 atom stereocenters. The Morgan fingerprint density at radius 2 is 2.11 bits per heavy atom. The van der Waals surface area contributed by atoms with Gasteiger partial charge in [-0.2, -0.15) is 0 Å². The Balaban J connectivity index is 2.57. The smallest absolute Gasteiger partial charge is 0.354 e. The van der Waals surface area contributed by atoms with Crippen LogP contribution in [0.5, 0.6) is 5.75 Å². The van der Waals surface area contributed by atoms with Crippen molar-refractivity contribution in [2.24, 2.45) is 11.5 Å². The molecule has 0 unspecified atom stereocenters. The summed E-state index contributed by atoms with van der Waals surface area (Å²) >= 11 is 0. The third-order valence-corrected chi connectivity index (χ3v) is 2.43. The summed E-state index contributed by atoms with van der Waals surface area (Å²) in [6, 6.07) is 5.71. The van der Waals surface area contributed by atoms with E-state index in [1.165, 1.54) is 0 Å². The molecule has 94 valence electrons. The maximum absolute atomic E-state index is 5.44. The lowest BCUT2D eigenvalue weighted by Crippen LogP contribution is -2.73. The average Bonchev–Trinajstić information content (AvgIpc) is 2.28. The Bertz CT molecular complexity index is 605. The zero-order chi connectivity index (χ0) is 13.1. The number of rotatable bonds is 3. The van der Waals surface area contributed by atoms with Crippen LogP contribution in [0, 0.1) is 6.92 Å². The standard InChI is InChI=1S/C12H15N5O/c1-3-18-8-4-5-9-7(2)15-12(17-11(13)14)16-10(9)6-8/h4-6H,3H2,1-2H3,(H4,13,14,15,16,17)/p+1. The van der Waals surface area contributed by atoms with Gasteiger partial charge in [0.2, 0.25) is 0 Å². The molecular formula is C12H16N5O+. The van der Waals surface area contributed by atoms with Gasteiger partial charge in [0.1, 0.15) is 11.3 Å². The van der Waals surface area contributed by atoms with Gasteiger partial charge >= 0.3 is 5.95 Å². The molecule has 0 aliphatic carbocycles. The van der Waals surface area contributed by atoms with Crippen molar-refractivity contribution < 1.29 is 9.73 Å². The fourth-order valence-electron chi connectivity index (χ4n) is 1.71. The maximum Gasteiger partial charge on any atom is 0.354 e. The van der Waals surface area contributed by atoms with E-state index in [2.05, 4.69) is 15.0 Å². The van der Waals surface area contributed by atoms with E-state index in [9.17, 15) is 0 Å². The molecule has 0 spiro atoms. The minimum atomic E-state index is 0.0645. The first-order valence-corrected chi connectivity index (χ1v) is 5.66. The lowest BCUT2D eigenvalue weighted by molar-refractivity contribution is -0.366. The number of hydrogen-bond acceptors (Lipinski definition) is 3. The number of nitrogens with two attached hydrogens (primary N) is 2. The lowest BCUT2D eigenvalue weighted by Gasteiger charge is -2.04. The maximum atomic E-state index is 5.44. The minimum absolute atomic E-state index is 0.0645. The molecule has 0 saturated heterocycles. The van der Waals surface area contributed by atoms with E-state index in [-0.39, 0.29) is 5.96 Å². The molecule has 6 nitrogen and oxygen atoms in total. The predicted octanol–water partition coefficient (Wildman–Crippen LogP) is -0.678. The SMILES string of the molecule is CCOc1ccc2c(C)nc([NH+]=C(N)N)nc2c1. The Labute approximate surface area is 105 Å². The summed E-state index contributed by atoms with van der Waals surface area (Å²) < 4.78 is 5.44. The third-order valence-electron chi connectivity index (χ3n) is 2.43. The average molecular weight is 246 g/mol. The molecule has 0 saturated carbocycles. The molecule has 2 aromatic rings. The Kier molecular flexibility index (Phi) is 3.27. The van der Waals surface area contributed by atoms with Crippen LogP contribution in [-0.4, -0.2) is 22.5 Å². The van der Waals surface area contributed by atoms with Crippen LogP contribution in [0.15, 0.2) is 18.2 Å². The summed E-state index contributed by atoms with van der Waals surface area (Å²) in [6.45, 7) is 4.46. The number of aryl methyl sites for hydroxylation is 1. The summed E-state index contributed by atoms with van der Waals surface area (Å²) in [4.78, 5) is 11.3. The van der Waals surface area contributed by atoms with Crippen molar-refractivity contribution in [3.05, 3.63) is 23.9 Å². The summed E-state index contributed by atoms with van der Waals surface area (Å²) in [5.41, 5.74) is 12.4. The first-order chi connectivity index (χ1) is 8.60. The van der Waals surface area contributed by atoms with Gasteiger partial charge in [-0.25, -0.2) is 4.99 Å². The van der Waals surface area contributed by atoms with E-state index >= 15 is 0 Å². The van der Waals surface area contributed by atoms with Gasteiger partial charge in [0.15, 0.2) is 0 Å². The Morgan fingerprint density at radius 3 is 2.78 bits per heavy atom. The highest BCUT2D eigenvalue weighted by molar-refractivity contribution is 5.82. The molecule has 0 aliphatic rings. The Hall–Kier alpha value is -2.37. The quantitative estimate of drug-likeness (QED) is 0.492. The van der Waals surface area contributed by atoms with Crippen molar-refractivity contribution in [1.82, 2.24) is 9.97 Å². The molecule has 1 aromatic carbocycles. The van der Waals surface area contributed by atoms with Crippen molar-refractivity contribution in [2.45, 2.75) is 13.8 Å². The molecule has 0 radical (unpaired) electrons. The topological polar surface area (TPSA) is 101 Å². The van der Waals surface area contributed by atoms with Crippen LogP contribution in [0.4, 0.5) is 5.95 Å². The van der Waals surface area contributed by atoms with Crippen LogP contribution in [0.3, 0.4) is 0 Å². The summed E-state index contributed by atoms with van der Waals surface area (Å²) in [7, 11) is 0. The van der Waals surface area contributed by atoms with E-state index in [1.54, 1.807) is 0 Å². The molecule has 18 heavy (non-hydrogen) atoms. The molecule has 2 rings (SSSR count). The van der Waals surface area contributed by atoms with Crippen molar-refractivity contribution in [2.75, 3.05) is 6.61 Å². The van der Waals surface area contributed by atoms with Gasteiger partial charge in [0, 0.05) is 11.5 Å². The highest BCUT2D eigenvalue weighted by atomic mass is 16.5. The molecular weight excluding hydrogens is 230 g/mol. The zero-order valence-electron chi connectivity index (χ0n) is 10.4. The van der Waals surface area contributed by atoms with Gasteiger partial charge in [0.05, 0.1) is 12.3 Å². The summed E-state index contributed by atoms with van der Waals surface area (Å²) in [5, 5.41) is 0.972. The molecule has 5 N–H and O–H groups in total.